The van der Waals surface area contributed by atoms with Crippen LogP contribution in [0.5, 0.6) is 0 Å². The van der Waals surface area contributed by atoms with Crippen molar-refractivity contribution in [3.8, 4) is 11.5 Å². The molecule has 136 valence electrons. The molecule has 4 rings (SSSR count). The van der Waals surface area contributed by atoms with Gasteiger partial charge in [-0.1, -0.05) is 41.3 Å². The summed E-state index contributed by atoms with van der Waals surface area (Å²) in [6.07, 6.45) is 0. The van der Waals surface area contributed by atoms with E-state index in [0.29, 0.717) is 5.13 Å². The lowest BCUT2D eigenvalue weighted by molar-refractivity contribution is -0.113. The maximum absolute atomic E-state index is 13.7. The number of rotatable bonds is 5. The Bertz CT molecular complexity index is 1130. The fourth-order valence-corrected chi connectivity index (χ4v) is 3.92. The predicted molar refractivity (Wildman–Crippen MR) is 103 cm³/mol. The smallest absolute Gasteiger partial charge is 0.277 e. The van der Waals surface area contributed by atoms with Crippen LogP contribution in [0, 0.1) is 12.7 Å². The number of hydrogen-bond acceptors (Lipinski definition) is 7. The van der Waals surface area contributed by atoms with Gasteiger partial charge < -0.3 is 9.73 Å². The normalized spacial score (nSPS) is 11.0. The number of anilines is 1. The van der Waals surface area contributed by atoms with E-state index in [1.54, 1.807) is 18.2 Å². The Morgan fingerprint density at radius 1 is 1.26 bits per heavy atom. The van der Waals surface area contributed by atoms with E-state index in [1.165, 1.54) is 17.4 Å². The summed E-state index contributed by atoms with van der Waals surface area (Å²) >= 11 is 2.50. The van der Waals surface area contributed by atoms with E-state index in [2.05, 4.69) is 20.5 Å². The van der Waals surface area contributed by atoms with E-state index in [-0.39, 0.29) is 28.3 Å². The van der Waals surface area contributed by atoms with Crippen molar-refractivity contribution in [1.29, 1.82) is 0 Å². The van der Waals surface area contributed by atoms with E-state index >= 15 is 0 Å². The van der Waals surface area contributed by atoms with Crippen LogP contribution >= 0.6 is 23.1 Å². The van der Waals surface area contributed by atoms with Crippen molar-refractivity contribution in [2.75, 3.05) is 11.1 Å². The van der Waals surface area contributed by atoms with Crippen LogP contribution in [-0.4, -0.2) is 26.8 Å². The Morgan fingerprint density at radius 3 is 2.96 bits per heavy atom. The van der Waals surface area contributed by atoms with Crippen LogP contribution in [0.4, 0.5) is 9.52 Å². The van der Waals surface area contributed by atoms with Gasteiger partial charge in [-0.25, -0.2) is 9.37 Å². The second-order valence-electron chi connectivity index (χ2n) is 5.68. The molecule has 2 aromatic carbocycles. The summed E-state index contributed by atoms with van der Waals surface area (Å²) in [5.41, 5.74) is 2.22. The summed E-state index contributed by atoms with van der Waals surface area (Å²) < 4.78 is 20.2. The molecule has 0 unspecified atom stereocenters. The van der Waals surface area contributed by atoms with Crippen LogP contribution in [-0.2, 0) is 4.79 Å². The van der Waals surface area contributed by atoms with Gasteiger partial charge in [0.1, 0.15) is 5.82 Å². The van der Waals surface area contributed by atoms with Crippen molar-refractivity contribution in [3.05, 3.63) is 53.8 Å². The second kappa shape index (κ2) is 7.45. The molecule has 27 heavy (non-hydrogen) atoms. The molecule has 0 bridgehead atoms. The Morgan fingerprint density at radius 2 is 2.11 bits per heavy atom. The van der Waals surface area contributed by atoms with Crippen molar-refractivity contribution < 1.29 is 13.6 Å². The maximum atomic E-state index is 13.7. The first-order valence-corrected chi connectivity index (χ1v) is 9.77. The first-order chi connectivity index (χ1) is 13.1. The van der Waals surface area contributed by atoms with Crippen LogP contribution in [0.3, 0.4) is 0 Å². The SMILES string of the molecule is Cc1ccc2nc(NC(=O)CSc3nnc(-c4ccccc4F)o3)sc2c1. The molecule has 0 saturated carbocycles. The van der Waals surface area contributed by atoms with Crippen molar-refractivity contribution >= 4 is 44.4 Å². The number of thioether (sulfide) groups is 1. The summed E-state index contributed by atoms with van der Waals surface area (Å²) in [4.78, 5) is 16.5. The number of halogens is 1. The van der Waals surface area contributed by atoms with E-state index in [4.69, 9.17) is 4.42 Å². The average Bonchev–Trinajstić information content (AvgIpc) is 3.26. The van der Waals surface area contributed by atoms with Crippen LogP contribution in [0.15, 0.2) is 52.1 Å². The van der Waals surface area contributed by atoms with Gasteiger partial charge in [0, 0.05) is 0 Å². The number of aromatic nitrogens is 3. The molecule has 0 spiro atoms. The highest BCUT2D eigenvalue weighted by molar-refractivity contribution is 7.99. The molecule has 4 aromatic rings. The van der Waals surface area contributed by atoms with Gasteiger partial charge >= 0.3 is 0 Å². The average molecular weight is 400 g/mol. The lowest BCUT2D eigenvalue weighted by Crippen LogP contribution is -2.13. The Labute approximate surface area is 161 Å². The summed E-state index contributed by atoms with van der Waals surface area (Å²) in [6.45, 7) is 2.01. The largest absolute Gasteiger partial charge is 0.411 e. The first-order valence-electron chi connectivity index (χ1n) is 7.97. The molecule has 0 atom stereocenters. The number of nitrogens with zero attached hydrogens (tertiary/aromatic N) is 3. The highest BCUT2D eigenvalue weighted by atomic mass is 32.2. The van der Waals surface area contributed by atoms with Crippen LogP contribution < -0.4 is 5.32 Å². The third kappa shape index (κ3) is 3.99. The minimum absolute atomic E-state index is 0.0772. The molecule has 2 heterocycles. The highest BCUT2D eigenvalue weighted by Crippen LogP contribution is 2.28. The number of nitrogens with one attached hydrogen (secondary N) is 1. The lowest BCUT2D eigenvalue weighted by atomic mass is 10.2. The van der Waals surface area contributed by atoms with Gasteiger partial charge in [0.25, 0.3) is 11.1 Å². The minimum atomic E-state index is -0.443. The van der Waals surface area contributed by atoms with Gasteiger partial charge in [0.05, 0.1) is 21.5 Å². The number of carbonyl (C=O) groups is 1. The van der Waals surface area contributed by atoms with Crippen molar-refractivity contribution in [2.45, 2.75) is 12.1 Å². The second-order valence-corrected chi connectivity index (χ2v) is 7.64. The van der Waals surface area contributed by atoms with Gasteiger partial charge in [0.15, 0.2) is 5.13 Å². The van der Waals surface area contributed by atoms with Gasteiger partial charge in [-0.05, 0) is 36.8 Å². The van der Waals surface area contributed by atoms with Crippen molar-refractivity contribution in [3.63, 3.8) is 0 Å². The standard InChI is InChI=1S/C18H13FN4O2S2/c1-10-6-7-13-14(8-10)27-17(20-13)21-15(24)9-26-18-23-22-16(25-18)11-4-2-3-5-12(11)19/h2-8H,9H2,1H3,(H,20,21,24). The molecule has 6 nitrogen and oxygen atoms in total. The molecule has 0 aliphatic carbocycles. The molecule has 0 radical (unpaired) electrons. The van der Waals surface area contributed by atoms with E-state index in [1.807, 2.05) is 25.1 Å². The van der Waals surface area contributed by atoms with E-state index in [0.717, 1.165) is 27.5 Å². The molecular formula is C18H13FN4O2S2. The number of aryl methyl sites for hydroxylation is 1. The Kier molecular flexibility index (Phi) is 4.87. The third-order valence-corrected chi connectivity index (χ3v) is 5.38. The Balaban J connectivity index is 1.38. The highest BCUT2D eigenvalue weighted by Gasteiger charge is 2.15. The molecule has 0 saturated heterocycles. The topological polar surface area (TPSA) is 80.9 Å². The van der Waals surface area contributed by atoms with Crippen molar-refractivity contribution in [1.82, 2.24) is 15.2 Å². The zero-order chi connectivity index (χ0) is 18.8. The number of hydrogen-bond donors (Lipinski definition) is 1. The zero-order valence-electron chi connectivity index (χ0n) is 14.1. The van der Waals surface area contributed by atoms with Crippen LogP contribution in [0.25, 0.3) is 21.7 Å². The summed E-state index contributed by atoms with van der Waals surface area (Å²) in [7, 11) is 0. The molecule has 1 N–H and O–H groups in total. The predicted octanol–water partition coefficient (Wildman–Crippen LogP) is 4.52. The monoisotopic (exact) mass is 400 g/mol. The van der Waals surface area contributed by atoms with E-state index in [9.17, 15) is 9.18 Å². The zero-order valence-corrected chi connectivity index (χ0v) is 15.7. The molecule has 0 fully saturated rings. The van der Waals surface area contributed by atoms with Gasteiger partial charge in [-0.15, -0.1) is 10.2 Å². The number of thiazole rings is 1. The summed E-state index contributed by atoms with van der Waals surface area (Å²) in [6, 6.07) is 12.1. The van der Waals surface area contributed by atoms with E-state index < -0.39 is 5.82 Å². The molecule has 0 aliphatic heterocycles. The molecule has 1 amide bonds. The fourth-order valence-electron chi connectivity index (χ4n) is 2.38. The summed E-state index contributed by atoms with van der Waals surface area (Å²) in [5.74, 6) is -0.520. The van der Waals surface area contributed by atoms with Gasteiger partial charge in [-0.3, -0.25) is 4.79 Å². The molecule has 2 aromatic heterocycles. The quantitative estimate of drug-likeness (QED) is 0.496. The molecule has 9 heteroatoms. The maximum Gasteiger partial charge on any atom is 0.277 e. The Hall–Kier alpha value is -2.78. The number of fused-ring (bicyclic) bond motifs is 1. The number of amides is 1. The van der Waals surface area contributed by atoms with Crippen molar-refractivity contribution in [2.24, 2.45) is 0 Å². The number of benzene rings is 2. The number of carbonyl (C=O) groups excluding carboxylic acids is 1. The lowest BCUT2D eigenvalue weighted by Gasteiger charge is -1.99. The first kappa shape index (κ1) is 17.6. The minimum Gasteiger partial charge on any atom is -0.411 e. The van der Waals surface area contributed by atoms with Gasteiger partial charge in [-0.2, -0.15) is 0 Å². The molecule has 0 aliphatic rings. The van der Waals surface area contributed by atoms with Crippen LogP contribution in [0.1, 0.15) is 5.56 Å². The summed E-state index contributed by atoms with van der Waals surface area (Å²) in [5, 5.41) is 11.2. The molecular weight excluding hydrogens is 387 g/mol. The van der Waals surface area contributed by atoms with Crippen LogP contribution in [0.2, 0.25) is 0 Å². The fraction of sp³-hybridized carbons (Fsp3) is 0.111. The third-order valence-electron chi connectivity index (χ3n) is 3.63. The van der Waals surface area contributed by atoms with Gasteiger partial charge in [0.2, 0.25) is 5.91 Å².